The average molecular weight is 446 g/mol. The van der Waals surface area contributed by atoms with E-state index in [0.717, 1.165) is 5.56 Å². The van der Waals surface area contributed by atoms with Gasteiger partial charge < -0.3 is 36.9 Å². The zero-order valence-corrected chi connectivity index (χ0v) is 17.2. The van der Waals surface area contributed by atoms with E-state index in [1.54, 1.807) is 0 Å². The van der Waals surface area contributed by atoms with E-state index in [0.29, 0.717) is 5.69 Å². The second-order valence-electron chi connectivity index (χ2n) is 7.00. The first-order chi connectivity index (χ1) is 15.3. The van der Waals surface area contributed by atoms with Crippen LogP contribution in [0.3, 0.4) is 0 Å². The Morgan fingerprint density at radius 3 is 2.34 bits per heavy atom. The third kappa shape index (κ3) is 7.81. The zero-order valence-electron chi connectivity index (χ0n) is 17.2. The number of aliphatic carboxylic acids is 1. The molecule has 1 aromatic heterocycles. The van der Waals surface area contributed by atoms with Gasteiger partial charge in [0.1, 0.15) is 12.1 Å². The topological polar surface area (TPSA) is 200 Å². The molecule has 2 aromatic rings. The number of carbonyl (C=O) groups is 4. The number of nitrogens with one attached hydrogen (secondary N) is 4. The molecule has 0 aliphatic rings. The molecule has 1 aromatic carbocycles. The molecule has 3 amide bonds. The largest absolute Gasteiger partial charge is 0.480 e. The predicted molar refractivity (Wildman–Crippen MR) is 112 cm³/mol. The summed E-state index contributed by atoms with van der Waals surface area (Å²) in [5.41, 5.74) is 7.25. The lowest BCUT2D eigenvalue weighted by atomic mass is 10.1. The summed E-state index contributed by atoms with van der Waals surface area (Å²) in [5.74, 6) is -3.46. The van der Waals surface area contributed by atoms with Crippen molar-refractivity contribution >= 4 is 23.7 Å². The van der Waals surface area contributed by atoms with Gasteiger partial charge in [-0.25, -0.2) is 9.78 Å². The van der Waals surface area contributed by atoms with Gasteiger partial charge in [-0.15, -0.1) is 0 Å². The molecule has 0 spiro atoms. The van der Waals surface area contributed by atoms with Gasteiger partial charge >= 0.3 is 5.97 Å². The van der Waals surface area contributed by atoms with E-state index in [2.05, 4.69) is 25.9 Å². The van der Waals surface area contributed by atoms with Gasteiger partial charge in [0.25, 0.3) is 0 Å². The van der Waals surface area contributed by atoms with Crippen molar-refractivity contribution in [3.8, 4) is 0 Å². The van der Waals surface area contributed by atoms with Crippen LogP contribution in [0.15, 0.2) is 42.9 Å². The summed E-state index contributed by atoms with van der Waals surface area (Å²) < 4.78 is 0. The monoisotopic (exact) mass is 446 g/mol. The highest BCUT2D eigenvalue weighted by Gasteiger charge is 2.27. The maximum absolute atomic E-state index is 12.5. The molecule has 0 fully saturated rings. The Morgan fingerprint density at radius 1 is 1.03 bits per heavy atom. The number of rotatable bonds is 12. The highest BCUT2D eigenvalue weighted by molar-refractivity contribution is 5.92. The molecule has 3 unspecified atom stereocenters. The molecule has 12 heteroatoms. The number of aliphatic hydroxyl groups excluding tert-OH is 1. The molecule has 0 saturated heterocycles. The number of H-pyrrole nitrogens is 1. The fraction of sp³-hybridized carbons (Fsp3) is 0.350. The quantitative estimate of drug-likeness (QED) is 0.188. The molecule has 8 N–H and O–H groups in total. The fourth-order valence-electron chi connectivity index (χ4n) is 2.79. The van der Waals surface area contributed by atoms with Crippen LogP contribution in [0, 0.1) is 0 Å². The van der Waals surface area contributed by atoms with E-state index in [4.69, 9.17) is 15.9 Å². The van der Waals surface area contributed by atoms with E-state index in [-0.39, 0.29) is 12.8 Å². The van der Waals surface area contributed by atoms with E-state index < -0.39 is 55.0 Å². The first-order valence-corrected chi connectivity index (χ1v) is 9.78. The molecular formula is C20H26N6O6. The Balaban J connectivity index is 1.92. The van der Waals surface area contributed by atoms with Crippen LogP contribution in [-0.4, -0.2) is 75.1 Å². The van der Waals surface area contributed by atoms with Crippen LogP contribution in [0.4, 0.5) is 0 Å². The van der Waals surface area contributed by atoms with Crippen LogP contribution in [0.1, 0.15) is 11.3 Å². The van der Waals surface area contributed by atoms with Gasteiger partial charge in [0, 0.05) is 18.3 Å². The minimum absolute atomic E-state index is 0.0171. The molecule has 3 atom stereocenters. The van der Waals surface area contributed by atoms with Crippen molar-refractivity contribution in [1.29, 1.82) is 0 Å². The molecule has 12 nitrogen and oxygen atoms in total. The molecule has 0 aliphatic heterocycles. The molecule has 0 bridgehead atoms. The van der Waals surface area contributed by atoms with Gasteiger partial charge in [0.05, 0.1) is 25.5 Å². The number of amides is 3. The van der Waals surface area contributed by atoms with Gasteiger partial charge in [-0.05, 0) is 12.0 Å². The molecule has 172 valence electrons. The Morgan fingerprint density at radius 2 is 1.75 bits per heavy atom. The highest BCUT2D eigenvalue weighted by Crippen LogP contribution is 2.02. The van der Waals surface area contributed by atoms with Crippen molar-refractivity contribution in [1.82, 2.24) is 25.9 Å². The molecule has 32 heavy (non-hydrogen) atoms. The van der Waals surface area contributed by atoms with Gasteiger partial charge in [-0.2, -0.15) is 0 Å². The van der Waals surface area contributed by atoms with Crippen molar-refractivity contribution in [3.63, 3.8) is 0 Å². The summed E-state index contributed by atoms with van der Waals surface area (Å²) in [6, 6.07) is 5.58. The molecule has 0 radical (unpaired) electrons. The van der Waals surface area contributed by atoms with Gasteiger partial charge in [0.2, 0.25) is 17.7 Å². The van der Waals surface area contributed by atoms with Crippen LogP contribution in [0.5, 0.6) is 0 Å². The van der Waals surface area contributed by atoms with Gasteiger partial charge in [0.15, 0.2) is 0 Å². The van der Waals surface area contributed by atoms with Gasteiger partial charge in [-0.1, -0.05) is 30.3 Å². The van der Waals surface area contributed by atoms with E-state index in [1.807, 2.05) is 30.3 Å². The third-order valence-corrected chi connectivity index (χ3v) is 4.49. The Kier molecular flexibility index (Phi) is 9.32. The molecular weight excluding hydrogens is 420 g/mol. The number of imidazole rings is 1. The molecule has 0 saturated carbocycles. The van der Waals surface area contributed by atoms with Crippen LogP contribution >= 0.6 is 0 Å². The zero-order chi connectivity index (χ0) is 23.5. The van der Waals surface area contributed by atoms with Crippen LogP contribution in [-0.2, 0) is 32.0 Å². The minimum Gasteiger partial charge on any atom is -0.480 e. The standard InChI is InChI=1S/C20H26N6O6/c21-14(6-12-4-2-1-3-5-12)18(29)23-9-17(28)25-15(7-13-8-22-11-24-13)19(30)26-16(10-27)20(31)32/h1-5,8,11,14-16,27H,6-7,9-10,21H2,(H,22,24)(H,23,29)(H,25,28)(H,26,30)(H,31,32). The number of aromatic nitrogens is 2. The maximum atomic E-state index is 12.5. The number of nitrogens with two attached hydrogens (primary N) is 1. The minimum atomic E-state index is -1.53. The lowest BCUT2D eigenvalue weighted by molar-refractivity contribution is -0.143. The van der Waals surface area contributed by atoms with Crippen molar-refractivity contribution in [2.75, 3.05) is 13.2 Å². The summed E-state index contributed by atoms with van der Waals surface area (Å²) in [5, 5.41) is 25.1. The van der Waals surface area contributed by atoms with E-state index >= 15 is 0 Å². The number of carboxylic acid groups (broad SMARTS) is 1. The SMILES string of the molecule is NC(Cc1ccccc1)C(=O)NCC(=O)NC(Cc1cnc[nH]1)C(=O)NC(CO)C(=O)O. The third-order valence-electron chi connectivity index (χ3n) is 4.49. The summed E-state index contributed by atoms with van der Waals surface area (Å²) in [7, 11) is 0. The summed E-state index contributed by atoms with van der Waals surface area (Å²) in [6.45, 7) is -1.25. The van der Waals surface area contributed by atoms with E-state index in [9.17, 15) is 19.2 Å². The lowest BCUT2D eigenvalue weighted by Gasteiger charge is -2.20. The first kappa shape index (κ1) is 24.5. The summed E-state index contributed by atoms with van der Waals surface area (Å²) in [4.78, 5) is 54.7. The number of aliphatic hydroxyl groups is 1. The average Bonchev–Trinajstić information content (AvgIpc) is 3.28. The molecule has 2 rings (SSSR count). The highest BCUT2D eigenvalue weighted by atomic mass is 16.4. The second-order valence-corrected chi connectivity index (χ2v) is 7.00. The number of aromatic amines is 1. The molecule has 0 aliphatic carbocycles. The second kappa shape index (κ2) is 12.2. The smallest absolute Gasteiger partial charge is 0.328 e. The summed E-state index contributed by atoms with van der Waals surface area (Å²) in [6.07, 6.45) is 3.10. The van der Waals surface area contributed by atoms with Crippen molar-refractivity contribution < 1.29 is 29.4 Å². The Hall–Kier alpha value is -3.77. The van der Waals surface area contributed by atoms with Crippen LogP contribution in [0.25, 0.3) is 0 Å². The lowest BCUT2D eigenvalue weighted by Crippen LogP contribution is -2.55. The Bertz CT molecular complexity index is 905. The van der Waals surface area contributed by atoms with Crippen LogP contribution < -0.4 is 21.7 Å². The number of carboxylic acids is 1. The number of hydrogen-bond donors (Lipinski definition) is 7. The number of carbonyl (C=O) groups excluding carboxylic acids is 3. The van der Waals surface area contributed by atoms with Gasteiger partial charge in [-0.3, -0.25) is 14.4 Å². The predicted octanol–water partition coefficient (Wildman–Crippen LogP) is -2.32. The fourth-order valence-corrected chi connectivity index (χ4v) is 2.79. The summed E-state index contributed by atoms with van der Waals surface area (Å²) >= 11 is 0. The maximum Gasteiger partial charge on any atom is 0.328 e. The number of nitrogens with zero attached hydrogens (tertiary/aromatic N) is 1. The van der Waals surface area contributed by atoms with Crippen molar-refractivity contribution in [2.24, 2.45) is 5.73 Å². The van der Waals surface area contributed by atoms with Crippen molar-refractivity contribution in [2.45, 2.75) is 31.0 Å². The number of benzene rings is 1. The molecule has 1 heterocycles. The van der Waals surface area contributed by atoms with Crippen LogP contribution in [0.2, 0.25) is 0 Å². The Labute approximate surface area is 183 Å². The van der Waals surface area contributed by atoms with E-state index in [1.165, 1.54) is 12.5 Å². The first-order valence-electron chi connectivity index (χ1n) is 9.78. The normalized spacial score (nSPS) is 13.4. The van der Waals surface area contributed by atoms with Crippen molar-refractivity contribution in [3.05, 3.63) is 54.1 Å². The number of hydrogen-bond acceptors (Lipinski definition) is 7.